The molecule has 0 saturated heterocycles. The van der Waals surface area contributed by atoms with Crippen LogP contribution < -0.4 is 10.4 Å². The monoisotopic (exact) mass is 232 g/mol. The number of amides is 1. The van der Waals surface area contributed by atoms with Crippen molar-refractivity contribution in [1.29, 1.82) is 0 Å². The molecular formula is C13H14NO3-. The fourth-order valence-electron chi connectivity index (χ4n) is 1.28. The highest BCUT2D eigenvalue weighted by atomic mass is 16.4. The minimum absolute atomic E-state index is 0.428. The first kappa shape index (κ1) is 13.0. The predicted molar refractivity (Wildman–Crippen MR) is 63.3 cm³/mol. The number of carbonyl (C=O) groups excluding carboxylic acids is 2. The number of aliphatic carboxylic acids is 1. The Morgan fingerprint density at radius 2 is 1.76 bits per heavy atom. The molecule has 0 aliphatic rings. The maximum atomic E-state index is 11.2. The second-order valence-corrected chi connectivity index (χ2v) is 3.92. The molecule has 0 fully saturated rings. The average molecular weight is 232 g/mol. The summed E-state index contributed by atoms with van der Waals surface area (Å²) in [5, 5.41) is 12.6. The fourth-order valence-corrected chi connectivity index (χ4v) is 1.28. The van der Waals surface area contributed by atoms with E-state index in [-0.39, 0.29) is 0 Å². The van der Waals surface area contributed by atoms with Gasteiger partial charge in [0.25, 0.3) is 0 Å². The van der Waals surface area contributed by atoms with Crippen molar-refractivity contribution in [2.45, 2.75) is 19.8 Å². The lowest BCUT2D eigenvalue weighted by atomic mass is 10.0. The molecule has 0 aromatic heterocycles. The van der Waals surface area contributed by atoms with E-state index in [0.717, 1.165) is 6.08 Å². The van der Waals surface area contributed by atoms with E-state index >= 15 is 0 Å². The van der Waals surface area contributed by atoms with Crippen LogP contribution in [0.4, 0.5) is 5.69 Å². The van der Waals surface area contributed by atoms with E-state index in [2.05, 4.69) is 19.2 Å². The molecule has 1 amide bonds. The van der Waals surface area contributed by atoms with E-state index in [1.54, 1.807) is 12.1 Å². The van der Waals surface area contributed by atoms with Crippen LogP contribution in [-0.4, -0.2) is 11.9 Å². The molecule has 0 radical (unpaired) electrons. The molecule has 0 heterocycles. The number of carboxylic acids is 1. The molecule has 1 aromatic carbocycles. The highest BCUT2D eigenvalue weighted by molar-refractivity contribution is 6.02. The van der Waals surface area contributed by atoms with E-state index < -0.39 is 11.9 Å². The van der Waals surface area contributed by atoms with Crippen LogP contribution in [0.25, 0.3) is 0 Å². The van der Waals surface area contributed by atoms with Crippen LogP contribution in [0, 0.1) is 0 Å². The molecule has 1 N–H and O–H groups in total. The molecule has 17 heavy (non-hydrogen) atoms. The number of anilines is 1. The van der Waals surface area contributed by atoms with Crippen molar-refractivity contribution in [2.75, 3.05) is 5.32 Å². The van der Waals surface area contributed by atoms with Gasteiger partial charge in [-0.3, -0.25) is 4.79 Å². The van der Waals surface area contributed by atoms with Crippen molar-refractivity contribution in [3.8, 4) is 0 Å². The van der Waals surface area contributed by atoms with Crippen molar-refractivity contribution in [3.63, 3.8) is 0 Å². The second kappa shape index (κ2) is 5.84. The maximum absolute atomic E-state index is 11.2. The minimum atomic E-state index is -1.39. The predicted octanol–water partition coefficient (Wildman–Crippen LogP) is 1.05. The van der Waals surface area contributed by atoms with Crippen LogP contribution in [0.1, 0.15) is 25.3 Å². The molecule has 0 unspecified atom stereocenters. The summed E-state index contributed by atoms with van der Waals surface area (Å²) >= 11 is 0. The molecule has 1 rings (SSSR count). The zero-order valence-electron chi connectivity index (χ0n) is 9.77. The van der Waals surface area contributed by atoms with Gasteiger partial charge in [-0.2, -0.15) is 0 Å². The Bertz CT molecular complexity index is 432. The lowest BCUT2D eigenvalue weighted by Crippen LogP contribution is -2.20. The number of benzene rings is 1. The first-order chi connectivity index (χ1) is 7.99. The third kappa shape index (κ3) is 4.51. The van der Waals surface area contributed by atoms with Gasteiger partial charge in [0.1, 0.15) is 0 Å². The third-order valence-electron chi connectivity index (χ3n) is 2.22. The van der Waals surface area contributed by atoms with E-state index in [1.165, 1.54) is 5.56 Å². The number of hydrogen-bond acceptors (Lipinski definition) is 3. The van der Waals surface area contributed by atoms with Crippen LogP contribution in [0.2, 0.25) is 0 Å². The largest absolute Gasteiger partial charge is 0.545 e. The molecule has 4 nitrogen and oxygen atoms in total. The fraction of sp³-hybridized carbons (Fsp3) is 0.231. The lowest BCUT2D eigenvalue weighted by molar-refractivity contribution is -0.297. The van der Waals surface area contributed by atoms with E-state index in [0.29, 0.717) is 17.7 Å². The van der Waals surface area contributed by atoms with Crippen LogP contribution in [-0.2, 0) is 9.59 Å². The summed E-state index contributed by atoms with van der Waals surface area (Å²) < 4.78 is 0. The summed E-state index contributed by atoms with van der Waals surface area (Å²) in [4.78, 5) is 21.3. The van der Waals surface area contributed by atoms with E-state index in [4.69, 9.17) is 0 Å². The Balaban J connectivity index is 2.63. The summed E-state index contributed by atoms with van der Waals surface area (Å²) in [5.74, 6) is -1.46. The first-order valence-corrected chi connectivity index (χ1v) is 5.29. The molecule has 0 bridgehead atoms. The Morgan fingerprint density at radius 3 is 2.24 bits per heavy atom. The molecule has 0 atom stereocenters. The zero-order valence-corrected chi connectivity index (χ0v) is 9.77. The standard InChI is InChI=1S/C13H15NO3/c1-9(2)10-3-5-11(6-4-10)14-12(15)7-8-13(16)17/h3-9H,1-2H3,(H,14,15)(H,16,17)/p-1/b8-7+. The van der Waals surface area contributed by atoms with Crippen LogP contribution in [0.5, 0.6) is 0 Å². The molecule has 0 saturated carbocycles. The Morgan fingerprint density at radius 1 is 1.18 bits per heavy atom. The molecule has 0 aliphatic carbocycles. The minimum Gasteiger partial charge on any atom is -0.545 e. The molecule has 1 aromatic rings. The number of rotatable bonds is 4. The molecule has 0 spiro atoms. The van der Waals surface area contributed by atoms with Gasteiger partial charge in [0.15, 0.2) is 0 Å². The van der Waals surface area contributed by atoms with Gasteiger partial charge in [-0.15, -0.1) is 0 Å². The van der Waals surface area contributed by atoms with Crippen molar-refractivity contribution < 1.29 is 14.7 Å². The summed E-state index contributed by atoms with van der Waals surface area (Å²) in [6, 6.07) is 7.39. The molecule has 0 aliphatic heterocycles. The normalized spacial score (nSPS) is 10.8. The van der Waals surface area contributed by atoms with Crippen LogP contribution >= 0.6 is 0 Å². The average Bonchev–Trinajstić information content (AvgIpc) is 2.27. The highest BCUT2D eigenvalue weighted by Gasteiger charge is 2.00. The molecule has 90 valence electrons. The van der Waals surface area contributed by atoms with Gasteiger partial charge in [-0.25, -0.2) is 0 Å². The van der Waals surface area contributed by atoms with Crippen molar-refractivity contribution in [2.24, 2.45) is 0 Å². The number of nitrogens with one attached hydrogen (secondary N) is 1. The molecular weight excluding hydrogens is 218 g/mol. The van der Waals surface area contributed by atoms with Gasteiger partial charge in [-0.1, -0.05) is 26.0 Å². The SMILES string of the molecule is CC(C)c1ccc(NC(=O)/C=C/C(=O)[O-])cc1. The third-order valence-corrected chi connectivity index (χ3v) is 2.22. The van der Waals surface area contributed by atoms with Crippen molar-refractivity contribution >= 4 is 17.6 Å². The van der Waals surface area contributed by atoms with Gasteiger partial charge < -0.3 is 15.2 Å². The number of carboxylic acid groups (broad SMARTS) is 1. The number of hydrogen-bond donors (Lipinski definition) is 1. The summed E-state index contributed by atoms with van der Waals surface area (Å²) in [6.45, 7) is 4.16. The number of carbonyl (C=O) groups is 2. The van der Waals surface area contributed by atoms with Gasteiger partial charge in [0.05, 0.1) is 5.97 Å². The topological polar surface area (TPSA) is 69.2 Å². The van der Waals surface area contributed by atoms with Crippen molar-refractivity contribution in [1.82, 2.24) is 0 Å². The van der Waals surface area contributed by atoms with Crippen molar-refractivity contribution in [3.05, 3.63) is 42.0 Å². The summed E-state index contributed by atoms with van der Waals surface area (Å²) in [5.41, 5.74) is 1.80. The Kier molecular flexibility index (Phi) is 4.46. The van der Waals surface area contributed by atoms with Gasteiger partial charge >= 0.3 is 0 Å². The summed E-state index contributed by atoms with van der Waals surface area (Å²) in [6.07, 6.45) is 1.61. The van der Waals surface area contributed by atoms with Gasteiger partial charge in [0, 0.05) is 11.8 Å². The smallest absolute Gasteiger partial charge is 0.248 e. The maximum Gasteiger partial charge on any atom is 0.248 e. The van der Waals surface area contributed by atoms with Crippen LogP contribution in [0.3, 0.4) is 0 Å². The Labute approximate surface area is 100.0 Å². The van der Waals surface area contributed by atoms with Gasteiger partial charge in [-0.05, 0) is 29.7 Å². The van der Waals surface area contributed by atoms with Crippen LogP contribution in [0.15, 0.2) is 36.4 Å². The molecule has 4 heteroatoms. The van der Waals surface area contributed by atoms with E-state index in [1.807, 2.05) is 12.1 Å². The quantitative estimate of drug-likeness (QED) is 0.789. The zero-order chi connectivity index (χ0) is 12.8. The van der Waals surface area contributed by atoms with E-state index in [9.17, 15) is 14.7 Å². The lowest BCUT2D eigenvalue weighted by Gasteiger charge is -2.07. The first-order valence-electron chi connectivity index (χ1n) is 5.29. The second-order valence-electron chi connectivity index (χ2n) is 3.92. The summed E-state index contributed by atoms with van der Waals surface area (Å²) in [7, 11) is 0. The van der Waals surface area contributed by atoms with Gasteiger partial charge in [0.2, 0.25) is 5.91 Å². The Hall–Kier alpha value is -2.10. The highest BCUT2D eigenvalue weighted by Crippen LogP contribution is 2.16.